The van der Waals surface area contributed by atoms with Crippen molar-refractivity contribution in [2.45, 2.75) is 39.3 Å². The molecular weight excluding hydrogens is 228 g/mol. The van der Waals surface area contributed by atoms with Gasteiger partial charge in [0, 0.05) is 18.8 Å². The Morgan fingerprint density at radius 3 is 3.00 bits per heavy atom. The van der Waals surface area contributed by atoms with Gasteiger partial charge in [0.15, 0.2) is 0 Å². The zero-order valence-electron chi connectivity index (χ0n) is 11.0. The second-order valence-electron chi connectivity index (χ2n) is 4.80. The number of hydrogen-bond acceptors (Lipinski definition) is 3. The zero-order chi connectivity index (χ0) is 13.1. The molecule has 0 radical (unpaired) electrons. The summed E-state index contributed by atoms with van der Waals surface area (Å²) in [5.74, 6) is 0. The van der Waals surface area contributed by atoms with Gasteiger partial charge in [-0.2, -0.15) is 0 Å². The highest BCUT2D eigenvalue weighted by atomic mass is 16.6. The number of nitrogens with zero attached hydrogens (tertiary/aromatic N) is 1. The summed E-state index contributed by atoms with van der Waals surface area (Å²) in [5.41, 5.74) is 8.94. The molecule has 1 heterocycles. The Morgan fingerprint density at radius 2 is 2.28 bits per heavy atom. The van der Waals surface area contributed by atoms with Crippen LogP contribution in [0.25, 0.3) is 0 Å². The summed E-state index contributed by atoms with van der Waals surface area (Å²) in [7, 11) is 0. The summed E-state index contributed by atoms with van der Waals surface area (Å²) in [5, 5.41) is 0. The molecule has 4 heteroatoms. The highest BCUT2D eigenvalue weighted by Gasteiger charge is 2.22. The molecule has 0 spiro atoms. The van der Waals surface area contributed by atoms with Crippen LogP contribution in [0.4, 0.5) is 10.5 Å². The Bertz CT molecular complexity index is 445. The second kappa shape index (κ2) is 5.29. The van der Waals surface area contributed by atoms with E-state index in [0.29, 0.717) is 13.1 Å². The van der Waals surface area contributed by atoms with E-state index in [2.05, 4.69) is 0 Å². The molecule has 0 aliphatic carbocycles. The molecule has 0 saturated heterocycles. The van der Waals surface area contributed by atoms with Crippen molar-refractivity contribution in [2.75, 3.05) is 12.3 Å². The normalized spacial score (nSPS) is 16.0. The Kier molecular flexibility index (Phi) is 3.75. The van der Waals surface area contributed by atoms with Gasteiger partial charge in [-0.3, -0.25) is 0 Å². The van der Waals surface area contributed by atoms with E-state index in [-0.39, 0.29) is 12.2 Å². The number of amides is 1. The van der Waals surface area contributed by atoms with Crippen molar-refractivity contribution >= 4 is 11.8 Å². The van der Waals surface area contributed by atoms with Crippen molar-refractivity contribution in [2.24, 2.45) is 0 Å². The molecule has 1 aliphatic rings. The Labute approximate surface area is 108 Å². The Morgan fingerprint density at radius 1 is 1.50 bits per heavy atom. The molecule has 1 amide bonds. The fraction of sp³-hybridized carbons (Fsp3) is 0.500. The standard InChI is InChI=1S/C14H20N2O2/c1-3-10(2)18-14(17)16-7-6-11-8-13(15)5-4-12(11)9-16/h4-5,8,10H,3,6-7,9,15H2,1-2H3. The molecule has 2 N–H and O–H groups in total. The molecule has 1 atom stereocenters. The number of anilines is 1. The van der Waals surface area contributed by atoms with Gasteiger partial charge < -0.3 is 15.4 Å². The van der Waals surface area contributed by atoms with E-state index in [0.717, 1.165) is 24.1 Å². The number of carbonyl (C=O) groups is 1. The number of hydrogen-bond donors (Lipinski definition) is 1. The molecule has 0 bridgehead atoms. The minimum absolute atomic E-state index is 0.0229. The molecule has 4 nitrogen and oxygen atoms in total. The minimum atomic E-state index is -0.216. The van der Waals surface area contributed by atoms with E-state index in [9.17, 15) is 4.79 Å². The molecule has 1 unspecified atom stereocenters. The Balaban J connectivity index is 2.03. The lowest BCUT2D eigenvalue weighted by Gasteiger charge is -2.29. The lowest BCUT2D eigenvalue weighted by Crippen LogP contribution is -2.37. The number of nitrogen functional groups attached to an aromatic ring is 1. The van der Waals surface area contributed by atoms with E-state index in [1.165, 1.54) is 5.56 Å². The van der Waals surface area contributed by atoms with Crippen LogP contribution in [0.3, 0.4) is 0 Å². The first-order valence-electron chi connectivity index (χ1n) is 6.43. The van der Waals surface area contributed by atoms with Gasteiger partial charge >= 0.3 is 6.09 Å². The van der Waals surface area contributed by atoms with Crippen molar-refractivity contribution in [1.82, 2.24) is 4.90 Å². The van der Waals surface area contributed by atoms with Crippen molar-refractivity contribution in [1.29, 1.82) is 0 Å². The van der Waals surface area contributed by atoms with Crippen LogP contribution < -0.4 is 5.73 Å². The molecule has 98 valence electrons. The summed E-state index contributed by atoms with van der Waals surface area (Å²) >= 11 is 0. The fourth-order valence-electron chi connectivity index (χ4n) is 2.06. The number of ether oxygens (including phenoxy) is 1. The smallest absolute Gasteiger partial charge is 0.410 e. The van der Waals surface area contributed by atoms with Gasteiger partial charge in [-0.1, -0.05) is 13.0 Å². The summed E-state index contributed by atoms with van der Waals surface area (Å²) < 4.78 is 5.34. The van der Waals surface area contributed by atoms with Gasteiger partial charge in [-0.25, -0.2) is 4.79 Å². The predicted octanol–water partition coefficient (Wildman–Crippen LogP) is 2.56. The van der Waals surface area contributed by atoms with Gasteiger partial charge in [-0.15, -0.1) is 0 Å². The van der Waals surface area contributed by atoms with Gasteiger partial charge in [0.2, 0.25) is 0 Å². The maximum atomic E-state index is 11.9. The van der Waals surface area contributed by atoms with E-state index in [4.69, 9.17) is 10.5 Å². The van der Waals surface area contributed by atoms with Crippen LogP contribution in [0, 0.1) is 0 Å². The van der Waals surface area contributed by atoms with Crippen LogP contribution in [0.15, 0.2) is 18.2 Å². The first kappa shape index (κ1) is 12.7. The third kappa shape index (κ3) is 2.75. The summed E-state index contributed by atoms with van der Waals surface area (Å²) in [4.78, 5) is 13.7. The van der Waals surface area contributed by atoms with Gasteiger partial charge in [-0.05, 0) is 43.0 Å². The van der Waals surface area contributed by atoms with Crippen molar-refractivity contribution < 1.29 is 9.53 Å². The number of rotatable bonds is 2. The molecular formula is C14H20N2O2. The first-order chi connectivity index (χ1) is 8.60. The molecule has 1 aliphatic heterocycles. The maximum Gasteiger partial charge on any atom is 0.410 e. The van der Waals surface area contributed by atoms with Gasteiger partial charge in [0.1, 0.15) is 6.10 Å². The van der Waals surface area contributed by atoms with E-state index in [1.807, 2.05) is 32.0 Å². The fourth-order valence-corrected chi connectivity index (χ4v) is 2.06. The average Bonchev–Trinajstić information content (AvgIpc) is 2.37. The minimum Gasteiger partial charge on any atom is -0.446 e. The summed E-state index contributed by atoms with van der Waals surface area (Å²) in [6, 6.07) is 5.86. The third-order valence-corrected chi connectivity index (χ3v) is 3.38. The molecule has 2 rings (SSSR count). The predicted molar refractivity (Wildman–Crippen MR) is 71.2 cm³/mol. The molecule has 18 heavy (non-hydrogen) atoms. The van der Waals surface area contributed by atoms with Crippen LogP contribution in [0.2, 0.25) is 0 Å². The van der Waals surface area contributed by atoms with E-state index < -0.39 is 0 Å². The largest absolute Gasteiger partial charge is 0.446 e. The first-order valence-corrected chi connectivity index (χ1v) is 6.43. The topological polar surface area (TPSA) is 55.6 Å². The van der Waals surface area contributed by atoms with Crippen LogP contribution in [0.5, 0.6) is 0 Å². The summed E-state index contributed by atoms with van der Waals surface area (Å²) in [6.07, 6.45) is 1.44. The molecule has 1 aromatic rings. The van der Waals surface area contributed by atoms with Crippen LogP contribution in [-0.4, -0.2) is 23.6 Å². The SMILES string of the molecule is CCC(C)OC(=O)N1CCc2cc(N)ccc2C1. The average molecular weight is 248 g/mol. The highest BCUT2D eigenvalue weighted by molar-refractivity contribution is 5.68. The quantitative estimate of drug-likeness (QED) is 0.818. The lowest BCUT2D eigenvalue weighted by atomic mass is 9.99. The molecule has 0 fully saturated rings. The zero-order valence-corrected chi connectivity index (χ0v) is 11.0. The second-order valence-corrected chi connectivity index (χ2v) is 4.80. The number of fused-ring (bicyclic) bond motifs is 1. The summed E-state index contributed by atoms with van der Waals surface area (Å²) in [6.45, 7) is 5.24. The number of carbonyl (C=O) groups excluding carboxylic acids is 1. The third-order valence-electron chi connectivity index (χ3n) is 3.38. The van der Waals surface area contributed by atoms with Gasteiger partial charge in [0.05, 0.1) is 0 Å². The van der Waals surface area contributed by atoms with E-state index in [1.54, 1.807) is 4.90 Å². The van der Waals surface area contributed by atoms with E-state index >= 15 is 0 Å². The number of nitrogens with two attached hydrogens (primary N) is 1. The molecule has 0 saturated carbocycles. The van der Waals surface area contributed by atoms with Crippen LogP contribution >= 0.6 is 0 Å². The van der Waals surface area contributed by atoms with Gasteiger partial charge in [0.25, 0.3) is 0 Å². The lowest BCUT2D eigenvalue weighted by molar-refractivity contribution is 0.0648. The number of benzene rings is 1. The monoisotopic (exact) mass is 248 g/mol. The van der Waals surface area contributed by atoms with Crippen LogP contribution in [0.1, 0.15) is 31.4 Å². The van der Waals surface area contributed by atoms with Crippen molar-refractivity contribution in [3.8, 4) is 0 Å². The molecule has 1 aromatic carbocycles. The highest BCUT2D eigenvalue weighted by Crippen LogP contribution is 2.22. The molecule has 0 aromatic heterocycles. The van der Waals surface area contributed by atoms with Crippen molar-refractivity contribution in [3.05, 3.63) is 29.3 Å². The Hall–Kier alpha value is -1.71. The van der Waals surface area contributed by atoms with Crippen molar-refractivity contribution in [3.63, 3.8) is 0 Å². The maximum absolute atomic E-state index is 11.9. The van der Waals surface area contributed by atoms with Crippen LogP contribution in [-0.2, 0) is 17.7 Å².